The summed E-state index contributed by atoms with van der Waals surface area (Å²) in [5.41, 5.74) is 1.95. The lowest BCUT2D eigenvalue weighted by atomic mass is 10.1. The molecule has 0 unspecified atom stereocenters. The molecule has 17 heavy (non-hydrogen) atoms. The van der Waals surface area contributed by atoms with Gasteiger partial charge in [-0.3, -0.25) is 0 Å². The van der Waals surface area contributed by atoms with Crippen molar-refractivity contribution in [3.63, 3.8) is 0 Å². The van der Waals surface area contributed by atoms with Gasteiger partial charge in [0.05, 0.1) is 19.9 Å². The van der Waals surface area contributed by atoms with Gasteiger partial charge in [-0.1, -0.05) is 30.3 Å². The highest BCUT2D eigenvalue weighted by atomic mass is 16.5. The zero-order valence-corrected chi connectivity index (χ0v) is 9.94. The average Bonchev–Trinajstić information content (AvgIpc) is 2.61. The monoisotopic (exact) mass is 229 g/mol. The summed E-state index contributed by atoms with van der Waals surface area (Å²) in [6.07, 6.45) is 5.60. The Morgan fingerprint density at radius 1 is 1.00 bits per heavy atom. The number of rotatable bonds is 3. The van der Waals surface area contributed by atoms with E-state index in [9.17, 15) is 0 Å². The Morgan fingerprint density at radius 3 is 2.41 bits per heavy atom. The van der Waals surface area contributed by atoms with Crippen molar-refractivity contribution in [2.45, 2.75) is 0 Å². The maximum atomic E-state index is 5.43. The molecule has 88 valence electrons. The predicted octanol–water partition coefficient (Wildman–Crippen LogP) is 2.65. The molecule has 0 aliphatic carbocycles. The lowest BCUT2D eigenvalue weighted by Crippen LogP contribution is -2.09. The maximum Gasteiger partial charge on any atom is 0.184 e. The number of hydrogen-bond donors (Lipinski definition) is 1. The van der Waals surface area contributed by atoms with Gasteiger partial charge < -0.3 is 14.8 Å². The van der Waals surface area contributed by atoms with Crippen molar-refractivity contribution in [1.29, 1.82) is 0 Å². The normalized spacial score (nSPS) is 14.8. The summed E-state index contributed by atoms with van der Waals surface area (Å²) in [5, 5.41) is 3.21. The standard InChI is InChI=1S/C14H15NO2/c1-16-12-9-6-10-15-13(14(12)17-2)11-7-4-3-5-8-11/h3-10,15H,1-2H3. The minimum absolute atomic E-state index is 0.698. The van der Waals surface area contributed by atoms with E-state index in [-0.39, 0.29) is 0 Å². The second-order valence-electron chi connectivity index (χ2n) is 3.51. The van der Waals surface area contributed by atoms with E-state index in [2.05, 4.69) is 5.32 Å². The highest BCUT2D eigenvalue weighted by molar-refractivity contribution is 5.70. The molecular formula is C14H15NO2. The lowest BCUT2D eigenvalue weighted by molar-refractivity contribution is 0.221. The van der Waals surface area contributed by atoms with Crippen LogP contribution in [0.5, 0.6) is 0 Å². The first-order chi connectivity index (χ1) is 8.36. The van der Waals surface area contributed by atoms with Crippen LogP contribution in [-0.4, -0.2) is 14.2 Å². The molecule has 3 nitrogen and oxygen atoms in total. The van der Waals surface area contributed by atoms with Gasteiger partial charge in [-0.25, -0.2) is 0 Å². The third kappa shape index (κ3) is 2.33. The van der Waals surface area contributed by atoms with E-state index in [4.69, 9.17) is 9.47 Å². The Balaban J connectivity index is 2.51. The fraction of sp³-hybridized carbons (Fsp3) is 0.143. The Kier molecular flexibility index (Phi) is 3.50. The fourth-order valence-corrected chi connectivity index (χ4v) is 1.71. The zero-order chi connectivity index (χ0) is 12.1. The third-order valence-corrected chi connectivity index (χ3v) is 2.51. The SMILES string of the molecule is COC1=CC=CNC(c2ccccc2)=C1OC. The maximum absolute atomic E-state index is 5.43. The van der Waals surface area contributed by atoms with Crippen LogP contribution in [0.2, 0.25) is 0 Å². The largest absolute Gasteiger partial charge is 0.493 e. The van der Waals surface area contributed by atoms with E-state index in [0.717, 1.165) is 11.3 Å². The average molecular weight is 229 g/mol. The summed E-state index contributed by atoms with van der Waals surface area (Å²) < 4.78 is 10.7. The Bertz CT molecular complexity index is 472. The quantitative estimate of drug-likeness (QED) is 0.864. The molecule has 1 aliphatic rings. The van der Waals surface area contributed by atoms with Crippen LogP contribution in [0.15, 0.2) is 60.2 Å². The van der Waals surface area contributed by atoms with Crippen LogP contribution in [0.25, 0.3) is 5.70 Å². The second kappa shape index (κ2) is 5.25. The highest BCUT2D eigenvalue weighted by Gasteiger charge is 2.15. The van der Waals surface area contributed by atoms with E-state index in [1.165, 1.54) is 0 Å². The summed E-state index contributed by atoms with van der Waals surface area (Å²) in [6.45, 7) is 0. The molecule has 0 bridgehead atoms. The van der Waals surface area contributed by atoms with Gasteiger partial charge in [-0.2, -0.15) is 0 Å². The van der Waals surface area contributed by atoms with Crippen molar-refractivity contribution in [1.82, 2.24) is 5.32 Å². The van der Waals surface area contributed by atoms with Crippen LogP contribution in [0, 0.1) is 0 Å². The van der Waals surface area contributed by atoms with Gasteiger partial charge in [0.15, 0.2) is 11.5 Å². The number of allylic oxidation sites excluding steroid dienone is 2. The van der Waals surface area contributed by atoms with Crippen molar-refractivity contribution >= 4 is 5.70 Å². The number of ether oxygens (including phenoxy) is 2. The van der Waals surface area contributed by atoms with Crippen LogP contribution >= 0.6 is 0 Å². The number of hydrogen-bond acceptors (Lipinski definition) is 3. The van der Waals surface area contributed by atoms with Crippen LogP contribution in [-0.2, 0) is 9.47 Å². The van der Waals surface area contributed by atoms with E-state index >= 15 is 0 Å². The molecule has 1 aliphatic heterocycles. The van der Waals surface area contributed by atoms with Crippen LogP contribution < -0.4 is 5.32 Å². The minimum atomic E-state index is 0.698. The van der Waals surface area contributed by atoms with Gasteiger partial charge in [-0.15, -0.1) is 0 Å². The highest BCUT2D eigenvalue weighted by Crippen LogP contribution is 2.24. The Morgan fingerprint density at radius 2 is 1.76 bits per heavy atom. The molecule has 0 amide bonds. The molecule has 0 fully saturated rings. The first kappa shape index (κ1) is 11.3. The van der Waals surface area contributed by atoms with Crippen molar-refractivity contribution in [3.8, 4) is 0 Å². The van der Waals surface area contributed by atoms with Gasteiger partial charge in [0.25, 0.3) is 0 Å². The molecule has 0 saturated heterocycles. The van der Waals surface area contributed by atoms with Gasteiger partial charge >= 0.3 is 0 Å². The lowest BCUT2D eigenvalue weighted by Gasteiger charge is -2.14. The molecule has 3 heteroatoms. The summed E-state index contributed by atoms with van der Waals surface area (Å²) in [6, 6.07) is 10.0. The topological polar surface area (TPSA) is 30.5 Å². The molecule has 0 aromatic heterocycles. The minimum Gasteiger partial charge on any atom is -0.493 e. The van der Waals surface area contributed by atoms with Gasteiger partial charge in [0, 0.05) is 11.8 Å². The molecule has 2 rings (SSSR count). The molecule has 0 radical (unpaired) electrons. The van der Waals surface area contributed by atoms with E-state index in [1.807, 2.05) is 48.7 Å². The first-order valence-electron chi connectivity index (χ1n) is 5.38. The van der Waals surface area contributed by atoms with E-state index < -0.39 is 0 Å². The van der Waals surface area contributed by atoms with Gasteiger partial charge in [0.1, 0.15) is 0 Å². The summed E-state index contributed by atoms with van der Waals surface area (Å²) >= 11 is 0. The molecule has 1 N–H and O–H groups in total. The summed E-state index contributed by atoms with van der Waals surface area (Å²) in [4.78, 5) is 0. The molecule has 0 saturated carbocycles. The number of methoxy groups -OCH3 is 2. The van der Waals surface area contributed by atoms with Crippen LogP contribution in [0.4, 0.5) is 0 Å². The van der Waals surface area contributed by atoms with Crippen molar-refractivity contribution in [2.24, 2.45) is 0 Å². The first-order valence-corrected chi connectivity index (χ1v) is 5.38. The second-order valence-corrected chi connectivity index (χ2v) is 3.51. The molecule has 0 atom stereocenters. The summed E-state index contributed by atoms with van der Waals surface area (Å²) in [5.74, 6) is 1.40. The van der Waals surface area contributed by atoms with Crippen molar-refractivity contribution < 1.29 is 9.47 Å². The van der Waals surface area contributed by atoms with Crippen LogP contribution in [0.1, 0.15) is 5.56 Å². The predicted molar refractivity (Wildman–Crippen MR) is 67.7 cm³/mol. The van der Waals surface area contributed by atoms with Crippen molar-refractivity contribution in [3.05, 3.63) is 65.8 Å². The number of nitrogens with one attached hydrogen (secondary N) is 1. The smallest absolute Gasteiger partial charge is 0.184 e. The Labute approximate surface area is 101 Å². The summed E-state index contributed by atoms with van der Waals surface area (Å²) in [7, 11) is 3.27. The molecule has 1 heterocycles. The van der Waals surface area contributed by atoms with E-state index in [0.29, 0.717) is 11.5 Å². The molecular weight excluding hydrogens is 214 g/mol. The van der Waals surface area contributed by atoms with Crippen molar-refractivity contribution in [2.75, 3.05) is 14.2 Å². The zero-order valence-electron chi connectivity index (χ0n) is 9.94. The molecule has 0 spiro atoms. The fourth-order valence-electron chi connectivity index (χ4n) is 1.71. The molecule has 1 aromatic carbocycles. The van der Waals surface area contributed by atoms with E-state index in [1.54, 1.807) is 14.2 Å². The molecule has 1 aromatic rings. The Hall–Kier alpha value is -2.16. The third-order valence-electron chi connectivity index (χ3n) is 2.51. The van der Waals surface area contributed by atoms with Gasteiger partial charge in [-0.05, 0) is 12.2 Å². The van der Waals surface area contributed by atoms with Crippen LogP contribution in [0.3, 0.4) is 0 Å². The number of benzene rings is 1. The van der Waals surface area contributed by atoms with Gasteiger partial charge in [0.2, 0.25) is 0 Å².